The van der Waals surface area contributed by atoms with Gasteiger partial charge >= 0.3 is 0 Å². The lowest BCUT2D eigenvalue weighted by Gasteiger charge is -2.13. The lowest BCUT2D eigenvalue weighted by Crippen LogP contribution is -2.37. The molecule has 0 spiro atoms. The predicted octanol–water partition coefficient (Wildman–Crippen LogP) is 2.56. The summed E-state index contributed by atoms with van der Waals surface area (Å²) in [5.74, 6) is 1.40. The van der Waals surface area contributed by atoms with E-state index in [1.54, 1.807) is 14.2 Å². The van der Waals surface area contributed by atoms with Crippen LogP contribution in [0.15, 0.2) is 29.3 Å². The highest BCUT2D eigenvalue weighted by molar-refractivity contribution is 5.79. The molecule has 1 aromatic carbocycles. The molecule has 0 heterocycles. The van der Waals surface area contributed by atoms with E-state index < -0.39 is 0 Å². The molecule has 0 saturated carbocycles. The van der Waals surface area contributed by atoms with Crippen molar-refractivity contribution in [1.82, 2.24) is 10.6 Å². The van der Waals surface area contributed by atoms with Gasteiger partial charge in [0.25, 0.3) is 0 Å². The Labute approximate surface area is 140 Å². The van der Waals surface area contributed by atoms with Crippen molar-refractivity contribution in [2.45, 2.75) is 33.4 Å². The van der Waals surface area contributed by atoms with Crippen LogP contribution in [0.25, 0.3) is 0 Å². The van der Waals surface area contributed by atoms with Gasteiger partial charge in [0.15, 0.2) is 5.96 Å². The lowest BCUT2D eigenvalue weighted by atomic mass is 10.1. The molecule has 0 radical (unpaired) electrons. The maximum absolute atomic E-state index is 5.56. The Kier molecular flexibility index (Phi) is 10.1. The zero-order valence-corrected chi connectivity index (χ0v) is 14.9. The van der Waals surface area contributed by atoms with E-state index in [0.29, 0.717) is 12.5 Å². The van der Waals surface area contributed by atoms with Crippen molar-refractivity contribution in [3.8, 4) is 0 Å². The Morgan fingerprint density at radius 2 is 2.00 bits per heavy atom. The molecule has 130 valence electrons. The van der Waals surface area contributed by atoms with E-state index in [9.17, 15) is 0 Å². The number of rotatable bonds is 10. The van der Waals surface area contributed by atoms with Crippen molar-refractivity contribution in [3.05, 3.63) is 35.4 Å². The van der Waals surface area contributed by atoms with E-state index in [0.717, 1.165) is 38.7 Å². The number of hydrogen-bond donors (Lipinski definition) is 2. The van der Waals surface area contributed by atoms with E-state index in [4.69, 9.17) is 9.47 Å². The molecule has 0 amide bonds. The minimum Gasteiger partial charge on any atom is -0.381 e. The highest BCUT2D eigenvalue weighted by atomic mass is 16.5. The summed E-state index contributed by atoms with van der Waals surface area (Å²) in [4.78, 5) is 4.24. The smallest absolute Gasteiger partial charge is 0.191 e. The van der Waals surface area contributed by atoms with Gasteiger partial charge in [0, 0.05) is 40.5 Å². The molecule has 0 saturated heterocycles. The number of nitrogens with one attached hydrogen (secondary N) is 2. The van der Waals surface area contributed by atoms with Crippen molar-refractivity contribution >= 4 is 5.96 Å². The molecule has 2 N–H and O–H groups in total. The third-order valence-electron chi connectivity index (χ3n) is 3.20. The molecule has 0 aliphatic carbocycles. The molecular weight excluding hydrogens is 290 g/mol. The first-order valence-electron chi connectivity index (χ1n) is 8.24. The third kappa shape index (κ3) is 9.21. The fourth-order valence-corrected chi connectivity index (χ4v) is 2.10. The quantitative estimate of drug-likeness (QED) is 0.395. The second kappa shape index (κ2) is 11.9. The topological polar surface area (TPSA) is 54.9 Å². The number of nitrogens with zero attached hydrogens (tertiary/aromatic N) is 1. The maximum Gasteiger partial charge on any atom is 0.191 e. The highest BCUT2D eigenvalue weighted by Gasteiger charge is 2.00. The Morgan fingerprint density at radius 1 is 1.22 bits per heavy atom. The molecule has 0 atom stereocenters. The first-order valence-corrected chi connectivity index (χ1v) is 8.24. The van der Waals surface area contributed by atoms with Crippen LogP contribution in [0.3, 0.4) is 0 Å². The highest BCUT2D eigenvalue weighted by Crippen LogP contribution is 2.06. The summed E-state index contributed by atoms with van der Waals surface area (Å²) in [5.41, 5.74) is 2.39. The number of hydrogen-bond acceptors (Lipinski definition) is 3. The van der Waals surface area contributed by atoms with Crippen LogP contribution in [-0.2, 0) is 22.6 Å². The summed E-state index contributed by atoms with van der Waals surface area (Å²) in [5, 5.41) is 6.62. The average Bonchev–Trinajstić information content (AvgIpc) is 2.54. The predicted molar refractivity (Wildman–Crippen MR) is 95.6 cm³/mol. The standard InChI is InChI=1S/C18H31N3O2/c1-15(2)13-23-10-6-9-20-18(19-3)21-12-16-7-5-8-17(11-16)14-22-4/h5,7-8,11,15H,6,9-10,12-14H2,1-4H3,(H2,19,20,21). The lowest BCUT2D eigenvalue weighted by molar-refractivity contribution is 0.108. The number of ether oxygens (including phenoxy) is 2. The molecule has 0 unspecified atom stereocenters. The fourth-order valence-electron chi connectivity index (χ4n) is 2.10. The van der Waals surface area contributed by atoms with Crippen LogP contribution in [0.5, 0.6) is 0 Å². The number of guanidine groups is 1. The summed E-state index contributed by atoms with van der Waals surface area (Å²) in [7, 11) is 3.49. The van der Waals surface area contributed by atoms with Gasteiger partial charge in [-0.1, -0.05) is 38.1 Å². The number of methoxy groups -OCH3 is 1. The minimum absolute atomic E-state index is 0.589. The Balaban J connectivity index is 2.25. The molecule has 1 rings (SSSR count). The van der Waals surface area contributed by atoms with Crippen LogP contribution < -0.4 is 10.6 Å². The van der Waals surface area contributed by atoms with Crippen LogP contribution in [-0.4, -0.2) is 39.9 Å². The van der Waals surface area contributed by atoms with Crippen molar-refractivity contribution in [2.75, 3.05) is 33.9 Å². The van der Waals surface area contributed by atoms with Gasteiger partial charge < -0.3 is 20.1 Å². The zero-order valence-electron chi connectivity index (χ0n) is 14.9. The first kappa shape index (κ1) is 19.5. The number of aliphatic imine (C=N–C) groups is 1. The van der Waals surface area contributed by atoms with Gasteiger partial charge in [0.1, 0.15) is 0 Å². The van der Waals surface area contributed by atoms with Gasteiger partial charge in [-0.25, -0.2) is 0 Å². The van der Waals surface area contributed by atoms with Gasteiger partial charge in [0.05, 0.1) is 6.61 Å². The summed E-state index contributed by atoms with van der Waals surface area (Å²) < 4.78 is 10.7. The summed E-state index contributed by atoms with van der Waals surface area (Å²) >= 11 is 0. The van der Waals surface area contributed by atoms with Gasteiger partial charge in [0.2, 0.25) is 0 Å². The second-order valence-corrected chi connectivity index (χ2v) is 5.93. The van der Waals surface area contributed by atoms with Gasteiger partial charge in [-0.05, 0) is 23.5 Å². The first-order chi connectivity index (χ1) is 11.2. The monoisotopic (exact) mass is 321 g/mol. The van der Waals surface area contributed by atoms with E-state index in [1.807, 2.05) is 6.07 Å². The zero-order chi connectivity index (χ0) is 16.9. The Morgan fingerprint density at radius 3 is 2.70 bits per heavy atom. The second-order valence-electron chi connectivity index (χ2n) is 5.93. The number of benzene rings is 1. The van der Waals surface area contributed by atoms with Crippen molar-refractivity contribution in [3.63, 3.8) is 0 Å². The largest absolute Gasteiger partial charge is 0.381 e. The normalized spacial score (nSPS) is 11.8. The summed E-state index contributed by atoms with van der Waals surface area (Å²) in [6, 6.07) is 8.35. The van der Waals surface area contributed by atoms with Crippen LogP contribution in [0, 0.1) is 5.92 Å². The SMILES string of the molecule is CN=C(NCCCOCC(C)C)NCc1cccc(COC)c1. The molecule has 0 aliphatic heterocycles. The van der Waals surface area contributed by atoms with E-state index in [2.05, 4.69) is 47.7 Å². The van der Waals surface area contributed by atoms with Gasteiger partial charge in [-0.2, -0.15) is 0 Å². The van der Waals surface area contributed by atoms with Gasteiger partial charge in [-0.3, -0.25) is 4.99 Å². The molecular formula is C18H31N3O2. The van der Waals surface area contributed by atoms with E-state index in [-0.39, 0.29) is 0 Å². The molecule has 5 nitrogen and oxygen atoms in total. The van der Waals surface area contributed by atoms with Crippen LogP contribution in [0.1, 0.15) is 31.4 Å². The third-order valence-corrected chi connectivity index (χ3v) is 3.20. The molecule has 5 heteroatoms. The molecule has 23 heavy (non-hydrogen) atoms. The van der Waals surface area contributed by atoms with Crippen LogP contribution in [0.4, 0.5) is 0 Å². The van der Waals surface area contributed by atoms with E-state index in [1.165, 1.54) is 11.1 Å². The van der Waals surface area contributed by atoms with E-state index >= 15 is 0 Å². The molecule has 0 aliphatic rings. The fraction of sp³-hybridized carbons (Fsp3) is 0.611. The Hall–Kier alpha value is -1.59. The molecule has 1 aromatic rings. The summed E-state index contributed by atoms with van der Waals surface area (Å²) in [6.45, 7) is 8.14. The van der Waals surface area contributed by atoms with Crippen LogP contribution >= 0.6 is 0 Å². The summed E-state index contributed by atoms with van der Waals surface area (Å²) in [6.07, 6.45) is 0.969. The van der Waals surface area contributed by atoms with Crippen molar-refractivity contribution < 1.29 is 9.47 Å². The average molecular weight is 321 g/mol. The van der Waals surface area contributed by atoms with Crippen molar-refractivity contribution in [2.24, 2.45) is 10.9 Å². The molecule has 0 aromatic heterocycles. The maximum atomic E-state index is 5.56. The molecule has 0 bridgehead atoms. The van der Waals surface area contributed by atoms with Crippen molar-refractivity contribution in [1.29, 1.82) is 0 Å². The van der Waals surface area contributed by atoms with Gasteiger partial charge in [-0.15, -0.1) is 0 Å². The van der Waals surface area contributed by atoms with Crippen LogP contribution in [0.2, 0.25) is 0 Å². The Bertz CT molecular complexity index is 461. The molecule has 0 fully saturated rings. The minimum atomic E-state index is 0.589.